The van der Waals surface area contributed by atoms with Crippen molar-refractivity contribution < 1.29 is 28.6 Å². The largest absolute Gasteiger partial charge is 0.493 e. The molecule has 2 amide bonds. The highest BCUT2D eigenvalue weighted by Crippen LogP contribution is 2.68. The van der Waals surface area contributed by atoms with Gasteiger partial charge in [-0.25, -0.2) is 0 Å². The molecule has 4 aliphatic rings. The molecule has 0 radical (unpaired) electrons. The van der Waals surface area contributed by atoms with Gasteiger partial charge in [0.2, 0.25) is 11.8 Å². The van der Waals surface area contributed by atoms with Crippen LogP contribution in [0.5, 0.6) is 11.5 Å². The number of hydrogen-bond donors (Lipinski definition) is 1. The molecular weight excluding hydrogens is 504 g/mol. The van der Waals surface area contributed by atoms with Gasteiger partial charge in [0.05, 0.1) is 37.7 Å². The Labute approximate surface area is 215 Å². The summed E-state index contributed by atoms with van der Waals surface area (Å²) in [5, 5.41) is 0.918. The van der Waals surface area contributed by atoms with Crippen molar-refractivity contribution in [1.82, 2.24) is 9.88 Å². The molecule has 7 unspecified atom stereocenters. The van der Waals surface area contributed by atoms with Crippen LogP contribution in [0.25, 0.3) is 0 Å². The van der Waals surface area contributed by atoms with Gasteiger partial charge in [0.15, 0.2) is 11.5 Å². The number of nitrogens with zero attached hydrogens (tertiary/aromatic N) is 1. The lowest BCUT2D eigenvalue weighted by molar-refractivity contribution is -0.153. The molecule has 2 saturated carbocycles. The van der Waals surface area contributed by atoms with E-state index in [1.807, 2.05) is 18.2 Å². The molecule has 2 aliphatic carbocycles. The minimum atomic E-state index is -0.568. The summed E-state index contributed by atoms with van der Waals surface area (Å²) in [6.07, 6.45) is 0.783. The number of H-pyrrole nitrogens is 1. The first-order valence-corrected chi connectivity index (χ1v) is 13.7. The summed E-state index contributed by atoms with van der Waals surface area (Å²) in [5.41, 5.74) is 0.990. The number of nitrogens with one attached hydrogen (secondary N) is 1. The molecule has 7 atom stereocenters. The van der Waals surface area contributed by atoms with Crippen LogP contribution in [0.15, 0.2) is 28.0 Å². The molecule has 3 fully saturated rings. The number of thiazole rings is 1. The number of hydrogen-bond acceptors (Lipinski definition) is 9. The third kappa shape index (κ3) is 3.28. The van der Waals surface area contributed by atoms with Gasteiger partial charge in [0.1, 0.15) is 6.54 Å². The number of imide groups is 1. The van der Waals surface area contributed by atoms with E-state index in [4.69, 9.17) is 14.2 Å². The number of carbonyl (C=O) groups excluding carboxylic acids is 3. The van der Waals surface area contributed by atoms with Gasteiger partial charge >= 0.3 is 10.8 Å². The van der Waals surface area contributed by atoms with E-state index < -0.39 is 17.8 Å². The second kappa shape index (κ2) is 8.65. The minimum Gasteiger partial charge on any atom is -0.493 e. The molecule has 11 heteroatoms. The van der Waals surface area contributed by atoms with Crippen LogP contribution in [0.4, 0.5) is 0 Å². The molecule has 36 heavy (non-hydrogen) atoms. The summed E-state index contributed by atoms with van der Waals surface area (Å²) in [4.78, 5) is 56.3. The minimum absolute atomic E-state index is 0.00200. The molecule has 6 rings (SSSR count). The van der Waals surface area contributed by atoms with E-state index in [0.717, 1.165) is 26.8 Å². The first kappa shape index (κ1) is 23.6. The van der Waals surface area contributed by atoms with Crippen LogP contribution in [-0.2, 0) is 19.1 Å². The van der Waals surface area contributed by atoms with E-state index in [1.54, 1.807) is 32.9 Å². The van der Waals surface area contributed by atoms with Crippen molar-refractivity contribution in [2.75, 3.05) is 27.4 Å². The Hall–Kier alpha value is -2.79. The molecule has 1 saturated heterocycles. The van der Waals surface area contributed by atoms with Crippen molar-refractivity contribution in [2.24, 2.45) is 29.6 Å². The molecule has 2 aromatic rings. The SMILES string of the molecule is CCOC(=O)CN1C(=O)C2C3CC(C2C1=O)C1C(c2ccc(OC)c(OC)c2)c2sc(=O)[nH]c2SC31. The van der Waals surface area contributed by atoms with E-state index in [1.165, 1.54) is 11.3 Å². The Balaban J connectivity index is 1.41. The standard InChI is InChI=1S/C25H26N2O7S2/c1-4-34-15(28)9-27-23(29)18-11-8-12(19(18)24(27)30)20-17(11)16(21-22(35-20)26-25(31)36-21)10-5-6-13(32-2)14(7-10)33-3/h5-7,11-12,16-20H,4,8-9H2,1-3H3,(H,26,31). The summed E-state index contributed by atoms with van der Waals surface area (Å²) in [7, 11) is 3.17. The van der Waals surface area contributed by atoms with Crippen molar-refractivity contribution in [3.63, 3.8) is 0 Å². The second-order valence-electron chi connectivity index (χ2n) is 9.64. The molecule has 1 aromatic carbocycles. The average molecular weight is 531 g/mol. The van der Waals surface area contributed by atoms with Gasteiger partial charge < -0.3 is 19.2 Å². The lowest BCUT2D eigenvalue weighted by atomic mass is 9.68. The van der Waals surface area contributed by atoms with Crippen LogP contribution in [0.1, 0.15) is 29.7 Å². The second-order valence-corrected chi connectivity index (χ2v) is 11.8. The first-order chi connectivity index (χ1) is 17.4. The summed E-state index contributed by atoms with van der Waals surface area (Å²) >= 11 is 2.83. The number of rotatable bonds is 6. The highest BCUT2D eigenvalue weighted by molar-refractivity contribution is 8.00. The fraction of sp³-hybridized carbons (Fsp3) is 0.520. The number of aromatic nitrogens is 1. The van der Waals surface area contributed by atoms with E-state index in [-0.39, 0.29) is 58.8 Å². The van der Waals surface area contributed by atoms with E-state index in [2.05, 4.69) is 4.98 Å². The van der Waals surface area contributed by atoms with Crippen molar-refractivity contribution in [2.45, 2.75) is 29.5 Å². The first-order valence-electron chi connectivity index (χ1n) is 12.0. The highest BCUT2D eigenvalue weighted by Gasteiger charge is 2.69. The smallest absolute Gasteiger partial charge is 0.326 e. The number of fused-ring (bicyclic) bond motifs is 9. The maximum Gasteiger partial charge on any atom is 0.326 e. The number of thioether (sulfide) groups is 1. The van der Waals surface area contributed by atoms with Gasteiger partial charge in [-0.3, -0.25) is 24.1 Å². The zero-order chi connectivity index (χ0) is 25.3. The van der Waals surface area contributed by atoms with Gasteiger partial charge in [-0.2, -0.15) is 0 Å². The van der Waals surface area contributed by atoms with Gasteiger partial charge in [-0.15, -0.1) is 11.8 Å². The summed E-state index contributed by atoms with van der Waals surface area (Å²) < 4.78 is 16.0. The number of ether oxygens (including phenoxy) is 3. The molecule has 2 aliphatic heterocycles. The number of esters is 1. The van der Waals surface area contributed by atoms with Gasteiger partial charge in [-0.05, 0) is 48.8 Å². The quantitative estimate of drug-likeness (QED) is 0.448. The fourth-order valence-electron chi connectivity index (χ4n) is 6.99. The third-order valence-corrected chi connectivity index (χ3v) is 10.8. The summed E-state index contributed by atoms with van der Waals surface area (Å²) in [5.74, 6) is -0.839. The predicted octanol–water partition coefficient (Wildman–Crippen LogP) is 2.49. The third-order valence-electron chi connectivity index (χ3n) is 8.17. The van der Waals surface area contributed by atoms with Gasteiger partial charge in [0, 0.05) is 16.0 Å². The Morgan fingerprint density at radius 3 is 2.50 bits per heavy atom. The summed E-state index contributed by atoms with van der Waals surface area (Å²) in [6.45, 7) is 1.56. The Kier molecular flexibility index (Phi) is 5.67. The number of aromatic amines is 1. The lowest BCUT2D eigenvalue weighted by Crippen LogP contribution is -2.42. The molecule has 2 bridgehead atoms. The molecule has 190 valence electrons. The monoisotopic (exact) mass is 530 g/mol. The van der Waals surface area contributed by atoms with Crippen LogP contribution in [0.2, 0.25) is 0 Å². The molecule has 3 heterocycles. The fourth-order valence-corrected chi connectivity index (χ4v) is 9.88. The maximum absolute atomic E-state index is 13.5. The number of methoxy groups -OCH3 is 2. The molecular formula is C25H26N2O7S2. The maximum atomic E-state index is 13.5. The number of amides is 2. The highest BCUT2D eigenvalue weighted by atomic mass is 32.2. The van der Waals surface area contributed by atoms with Crippen LogP contribution < -0.4 is 14.3 Å². The predicted molar refractivity (Wildman–Crippen MR) is 131 cm³/mol. The molecule has 0 spiro atoms. The van der Waals surface area contributed by atoms with Crippen LogP contribution in [-0.4, -0.2) is 60.3 Å². The van der Waals surface area contributed by atoms with E-state index in [9.17, 15) is 19.2 Å². The number of benzene rings is 1. The van der Waals surface area contributed by atoms with E-state index >= 15 is 0 Å². The molecule has 1 N–H and O–H groups in total. The molecule has 1 aromatic heterocycles. The van der Waals surface area contributed by atoms with Crippen molar-refractivity contribution in [3.05, 3.63) is 38.3 Å². The lowest BCUT2D eigenvalue weighted by Gasteiger charge is -2.43. The molecule has 9 nitrogen and oxygen atoms in total. The van der Waals surface area contributed by atoms with Crippen LogP contribution >= 0.6 is 23.1 Å². The van der Waals surface area contributed by atoms with Crippen molar-refractivity contribution in [1.29, 1.82) is 0 Å². The topological polar surface area (TPSA) is 115 Å². The normalized spacial score (nSPS) is 31.8. The van der Waals surface area contributed by atoms with Crippen molar-refractivity contribution >= 4 is 40.9 Å². The van der Waals surface area contributed by atoms with Crippen LogP contribution in [0.3, 0.4) is 0 Å². The zero-order valence-electron chi connectivity index (χ0n) is 20.0. The Bertz CT molecular complexity index is 1320. The van der Waals surface area contributed by atoms with E-state index in [0.29, 0.717) is 11.5 Å². The number of likely N-dealkylation sites (tertiary alicyclic amines) is 1. The Morgan fingerprint density at radius 1 is 1.08 bits per heavy atom. The van der Waals surface area contributed by atoms with Gasteiger partial charge in [-0.1, -0.05) is 17.4 Å². The zero-order valence-corrected chi connectivity index (χ0v) is 21.6. The van der Waals surface area contributed by atoms with Crippen LogP contribution in [0, 0.1) is 29.6 Å². The average Bonchev–Trinajstić information content (AvgIpc) is 3.59. The van der Waals surface area contributed by atoms with Gasteiger partial charge in [0.25, 0.3) is 0 Å². The Morgan fingerprint density at radius 2 is 1.81 bits per heavy atom. The number of carbonyl (C=O) groups is 3. The van der Waals surface area contributed by atoms with Crippen molar-refractivity contribution in [3.8, 4) is 11.5 Å². The summed E-state index contributed by atoms with van der Waals surface area (Å²) in [6, 6.07) is 5.80.